The van der Waals surface area contributed by atoms with Crippen LogP contribution >= 0.6 is 0 Å². The Labute approximate surface area is 192 Å². The van der Waals surface area contributed by atoms with Gasteiger partial charge in [-0.2, -0.15) is 0 Å². The first kappa shape index (κ1) is 18.3. The van der Waals surface area contributed by atoms with Gasteiger partial charge >= 0.3 is 0 Å². The number of nitrogens with zero attached hydrogens (tertiary/aromatic N) is 1. The Hall–Kier alpha value is -4.31. The summed E-state index contributed by atoms with van der Waals surface area (Å²) in [7, 11) is 0. The van der Waals surface area contributed by atoms with Crippen LogP contribution in [-0.2, 0) is 0 Å². The van der Waals surface area contributed by atoms with Gasteiger partial charge in [0.2, 0.25) is 0 Å². The molecular weight excluding hydrogens is 405 g/mol. The molecule has 0 saturated heterocycles. The van der Waals surface area contributed by atoms with E-state index in [1.807, 2.05) is 48.7 Å². The molecule has 4 aromatic carbocycles. The molecule has 0 N–H and O–H groups in total. The molecule has 7 rings (SSSR count). The summed E-state index contributed by atoms with van der Waals surface area (Å²) in [4.78, 5) is 4.51. The SMILES string of the molecule is c1ccc(-c2ccc3c(c2)Oc2cccc4c2B3c2ccc(-c3ccccn3)cc2O4)cc1. The fourth-order valence-corrected chi connectivity index (χ4v) is 4.93. The van der Waals surface area contributed by atoms with Crippen LogP contribution in [0.5, 0.6) is 23.0 Å². The van der Waals surface area contributed by atoms with Gasteiger partial charge in [0.15, 0.2) is 0 Å². The molecule has 0 atom stereocenters. The second-order valence-electron chi connectivity index (χ2n) is 8.39. The van der Waals surface area contributed by atoms with Crippen molar-refractivity contribution in [2.24, 2.45) is 0 Å². The van der Waals surface area contributed by atoms with Crippen molar-refractivity contribution in [1.82, 2.24) is 4.98 Å². The van der Waals surface area contributed by atoms with Crippen molar-refractivity contribution in [3.63, 3.8) is 0 Å². The Morgan fingerprint density at radius 3 is 1.88 bits per heavy atom. The van der Waals surface area contributed by atoms with Gasteiger partial charge in [0.1, 0.15) is 23.0 Å². The van der Waals surface area contributed by atoms with E-state index >= 15 is 0 Å². The van der Waals surface area contributed by atoms with Crippen molar-refractivity contribution in [2.45, 2.75) is 0 Å². The maximum atomic E-state index is 6.40. The van der Waals surface area contributed by atoms with Gasteiger partial charge in [-0.25, -0.2) is 0 Å². The highest BCUT2D eigenvalue weighted by atomic mass is 16.5. The Kier molecular flexibility index (Phi) is 3.94. The maximum Gasteiger partial charge on any atom is 0.260 e. The zero-order chi connectivity index (χ0) is 21.8. The molecule has 0 fully saturated rings. The van der Waals surface area contributed by atoms with Crippen LogP contribution in [-0.4, -0.2) is 11.7 Å². The first-order valence-corrected chi connectivity index (χ1v) is 11.1. The van der Waals surface area contributed by atoms with Crippen LogP contribution in [0.1, 0.15) is 0 Å². The molecule has 154 valence electrons. The molecule has 0 bridgehead atoms. The molecule has 0 spiro atoms. The largest absolute Gasteiger partial charge is 0.458 e. The summed E-state index contributed by atoms with van der Waals surface area (Å²) in [6, 6.07) is 35.3. The molecule has 33 heavy (non-hydrogen) atoms. The smallest absolute Gasteiger partial charge is 0.260 e. The second kappa shape index (κ2) is 7.11. The lowest BCUT2D eigenvalue weighted by Crippen LogP contribution is -2.57. The molecule has 4 heteroatoms. The second-order valence-corrected chi connectivity index (χ2v) is 8.39. The van der Waals surface area contributed by atoms with Gasteiger partial charge in [-0.05, 0) is 58.5 Å². The maximum absolute atomic E-state index is 6.40. The topological polar surface area (TPSA) is 31.4 Å². The van der Waals surface area contributed by atoms with Crippen LogP contribution < -0.4 is 25.9 Å². The minimum atomic E-state index is 0.0614. The zero-order valence-corrected chi connectivity index (χ0v) is 17.7. The number of fused-ring (bicyclic) bond motifs is 4. The molecule has 3 heterocycles. The van der Waals surface area contributed by atoms with E-state index in [1.165, 1.54) is 5.56 Å². The van der Waals surface area contributed by atoms with E-state index in [4.69, 9.17) is 9.47 Å². The lowest BCUT2D eigenvalue weighted by Gasteiger charge is -2.33. The molecule has 1 aromatic heterocycles. The van der Waals surface area contributed by atoms with Crippen molar-refractivity contribution in [3.05, 3.63) is 109 Å². The van der Waals surface area contributed by atoms with Gasteiger partial charge in [-0.15, -0.1) is 0 Å². The summed E-state index contributed by atoms with van der Waals surface area (Å²) in [5, 5.41) is 0. The Morgan fingerprint density at radius 2 is 1.18 bits per heavy atom. The molecule has 0 aliphatic carbocycles. The van der Waals surface area contributed by atoms with Crippen LogP contribution in [0.4, 0.5) is 0 Å². The minimum Gasteiger partial charge on any atom is -0.458 e. The fraction of sp³-hybridized carbons (Fsp3) is 0. The molecule has 0 amide bonds. The van der Waals surface area contributed by atoms with Gasteiger partial charge in [-0.3, -0.25) is 4.98 Å². The van der Waals surface area contributed by atoms with Gasteiger partial charge < -0.3 is 9.47 Å². The third kappa shape index (κ3) is 2.88. The lowest BCUT2D eigenvalue weighted by molar-refractivity contribution is 0.464. The van der Waals surface area contributed by atoms with Crippen molar-refractivity contribution < 1.29 is 9.47 Å². The summed E-state index contributed by atoms with van der Waals surface area (Å²) < 4.78 is 12.8. The first-order valence-electron chi connectivity index (χ1n) is 11.1. The van der Waals surface area contributed by atoms with Crippen LogP contribution in [0.25, 0.3) is 22.4 Å². The van der Waals surface area contributed by atoms with Gasteiger partial charge in [0.25, 0.3) is 6.71 Å². The van der Waals surface area contributed by atoms with Gasteiger partial charge in [0, 0.05) is 17.2 Å². The highest BCUT2D eigenvalue weighted by molar-refractivity contribution is 6.98. The summed E-state index contributed by atoms with van der Waals surface area (Å²) in [6.45, 7) is 0.0614. The molecule has 3 nitrogen and oxygen atoms in total. The quantitative estimate of drug-likeness (QED) is 0.361. The summed E-state index contributed by atoms with van der Waals surface area (Å²) in [5.74, 6) is 3.47. The van der Waals surface area contributed by atoms with Crippen molar-refractivity contribution in [3.8, 4) is 45.4 Å². The lowest BCUT2D eigenvalue weighted by atomic mass is 9.35. The summed E-state index contributed by atoms with van der Waals surface area (Å²) in [5.41, 5.74) is 7.69. The van der Waals surface area contributed by atoms with Gasteiger partial charge in [-0.1, -0.05) is 66.7 Å². The van der Waals surface area contributed by atoms with Gasteiger partial charge in [0.05, 0.1) is 5.69 Å². The van der Waals surface area contributed by atoms with E-state index in [1.54, 1.807) is 0 Å². The van der Waals surface area contributed by atoms with Crippen LogP contribution in [0.3, 0.4) is 0 Å². The van der Waals surface area contributed by atoms with Crippen LogP contribution in [0.15, 0.2) is 109 Å². The molecule has 0 saturated carbocycles. The molecule has 5 aromatic rings. The van der Waals surface area contributed by atoms with Crippen LogP contribution in [0, 0.1) is 0 Å². The number of aromatic nitrogens is 1. The molecule has 2 aliphatic heterocycles. The monoisotopic (exact) mass is 423 g/mol. The van der Waals surface area contributed by atoms with E-state index in [-0.39, 0.29) is 6.71 Å². The van der Waals surface area contributed by atoms with Crippen molar-refractivity contribution in [2.75, 3.05) is 0 Å². The van der Waals surface area contributed by atoms with E-state index < -0.39 is 0 Å². The number of benzene rings is 4. The number of ether oxygens (including phenoxy) is 2. The number of hydrogen-bond acceptors (Lipinski definition) is 3. The Balaban J connectivity index is 1.40. The number of hydrogen-bond donors (Lipinski definition) is 0. The third-order valence-electron chi connectivity index (χ3n) is 6.47. The Morgan fingerprint density at radius 1 is 0.515 bits per heavy atom. The molecular formula is C29H18BNO2. The average Bonchev–Trinajstić information content (AvgIpc) is 2.89. The summed E-state index contributed by atoms with van der Waals surface area (Å²) in [6.07, 6.45) is 1.82. The standard InChI is InChI=1S/C29H18BNO2/c1-2-7-19(8-3-1)20-12-14-22-27(17-20)32-25-10-6-11-26-29(25)30(22)23-15-13-21(18-28(23)33-26)24-9-4-5-16-31-24/h1-18H. The zero-order valence-electron chi connectivity index (χ0n) is 17.7. The number of pyridine rings is 1. The van der Waals surface area contributed by atoms with Crippen LogP contribution in [0.2, 0.25) is 0 Å². The van der Waals surface area contributed by atoms with E-state index in [9.17, 15) is 0 Å². The molecule has 0 unspecified atom stereocenters. The molecule has 0 radical (unpaired) electrons. The van der Waals surface area contributed by atoms with E-state index in [0.717, 1.165) is 56.2 Å². The van der Waals surface area contributed by atoms with E-state index in [2.05, 4.69) is 65.6 Å². The first-order chi connectivity index (χ1) is 16.3. The fourth-order valence-electron chi connectivity index (χ4n) is 4.93. The molecule has 2 aliphatic rings. The average molecular weight is 423 g/mol. The van der Waals surface area contributed by atoms with E-state index in [0.29, 0.717) is 0 Å². The third-order valence-corrected chi connectivity index (χ3v) is 6.47. The highest BCUT2D eigenvalue weighted by Gasteiger charge is 2.40. The highest BCUT2D eigenvalue weighted by Crippen LogP contribution is 2.36. The van der Waals surface area contributed by atoms with Crippen molar-refractivity contribution >= 4 is 23.1 Å². The Bertz CT molecular complexity index is 1400. The minimum absolute atomic E-state index is 0.0614. The predicted molar refractivity (Wildman–Crippen MR) is 133 cm³/mol. The predicted octanol–water partition coefficient (Wildman–Crippen LogP) is 5.14. The summed E-state index contributed by atoms with van der Waals surface area (Å²) >= 11 is 0. The normalized spacial score (nSPS) is 12.7. The number of rotatable bonds is 2. The van der Waals surface area contributed by atoms with Crippen molar-refractivity contribution in [1.29, 1.82) is 0 Å².